The van der Waals surface area contributed by atoms with Crippen molar-refractivity contribution < 1.29 is 9.53 Å². The molecule has 10 heteroatoms. The number of rotatable bonds is 9. The van der Waals surface area contributed by atoms with Gasteiger partial charge in [-0.3, -0.25) is 14.3 Å². The molecule has 0 radical (unpaired) electrons. The monoisotopic (exact) mass is 478 g/mol. The molecule has 3 heterocycles. The topological polar surface area (TPSA) is 94.3 Å². The molecule has 0 aliphatic heterocycles. The number of benzene rings is 1. The van der Waals surface area contributed by atoms with Gasteiger partial charge in [-0.25, -0.2) is 5.43 Å². The molecular weight excluding hydrogens is 456 g/mol. The normalized spacial score (nSPS) is 11.4. The van der Waals surface area contributed by atoms with Gasteiger partial charge in [-0.1, -0.05) is 17.8 Å². The van der Waals surface area contributed by atoms with Gasteiger partial charge in [0.15, 0.2) is 11.0 Å². The van der Waals surface area contributed by atoms with Crippen molar-refractivity contribution >= 4 is 34.7 Å². The number of nitrogens with one attached hydrogen (secondary N) is 1. The van der Waals surface area contributed by atoms with E-state index in [-0.39, 0.29) is 11.7 Å². The molecule has 0 aliphatic carbocycles. The van der Waals surface area contributed by atoms with Crippen LogP contribution in [0.1, 0.15) is 18.7 Å². The number of nitrogens with zero attached hydrogens (tertiary/aromatic N) is 5. The van der Waals surface area contributed by atoms with Crippen molar-refractivity contribution in [1.29, 1.82) is 0 Å². The molecule has 1 N–H and O–H groups in total. The van der Waals surface area contributed by atoms with Crippen LogP contribution in [0.15, 0.2) is 76.6 Å². The highest BCUT2D eigenvalue weighted by atomic mass is 32.2. The zero-order valence-electron chi connectivity index (χ0n) is 18.1. The Balaban J connectivity index is 1.54. The number of carbonyl (C=O) groups excluding carboxylic acids is 1. The van der Waals surface area contributed by atoms with Crippen molar-refractivity contribution in [2.45, 2.75) is 19.0 Å². The molecule has 0 saturated carbocycles. The van der Waals surface area contributed by atoms with Gasteiger partial charge in [-0.2, -0.15) is 5.10 Å². The zero-order chi connectivity index (χ0) is 23.0. The standard InChI is InChI=1S/C23H22N6O2S2/c1-3-31-19-10-8-18(9-11-19)29-22(17-6-4-12-24-14-17)27-28-23(29)33-15-21(30)26-25-16(2)20-7-5-13-32-20/h4-14H,3,15H2,1-2H3,(H,26,30). The van der Waals surface area contributed by atoms with Gasteiger partial charge in [0.25, 0.3) is 5.91 Å². The maximum Gasteiger partial charge on any atom is 0.250 e. The average Bonchev–Trinajstić information content (AvgIpc) is 3.53. The van der Waals surface area contributed by atoms with Crippen LogP contribution in [0.3, 0.4) is 0 Å². The number of thioether (sulfide) groups is 1. The molecule has 0 spiro atoms. The maximum atomic E-state index is 12.4. The number of aromatic nitrogens is 4. The highest BCUT2D eigenvalue weighted by Gasteiger charge is 2.17. The second kappa shape index (κ2) is 10.9. The Labute approximate surface area is 199 Å². The quantitative estimate of drug-likeness (QED) is 0.217. The summed E-state index contributed by atoms with van der Waals surface area (Å²) in [6.07, 6.45) is 3.44. The summed E-state index contributed by atoms with van der Waals surface area (Å²) in [5.74, 6) is 1.34. The van der Waals surface area contributed by atoms with Crippen molar-refractivity contribution in [3.8, 4) is 22.8 Å². The SMILES string of the molecule is CCOc1ccc(-n2c(SCC(=O)NN=C(C)c3cccs3)nnc2-c2cccnc2)cc1. The Morgan fingerprint density at radius 3 is 2.73 bits per heavy atom. The van der Waals surface area contributed by atoms with Crippen LogP contribution in [0.25, 0.3) is 17.1 Å². The molecule has 33 heavy (non-hydrogen) atoms. The van der Waals surface area contributed by atoms with Crippen molar-refractivity contribution in [3.63, 3.8) is 0 Å². The second-order valence-corrected chi connectivity index (χ2v) is 8.70. The molecule has 4 aromatic rings. The van der Waals surface area contributed by atoms with E-state index in [1.165, 1.54) is 11.8 Å². The van der Waals surface area contributed by atoms with Crippen LogP contribution in [0.2, 0.25) is 0 Å². The van der Waals surface area contributed by atoms with Crippen LogP contribution >= 0.6 is 23.1 Å². The third-order valence-electron chi connectivity index (χ3n) is 4.52. The van der Waals surface area contributed by atoms with Gasteiger partial charge < -0.3 is 4.74 Å². The van der Waals surface area contributed by atoms with E-state index in [1.54, 1.807) is 23.7 Å². The minimum Gasteiger partial charge on any atom is -0.494 e. The summed E-state index contributed by atoms with van der Waals surface area (Å²) >= 11 is 2.86. The summed E-state index contributed by atoms with van der Waals surface area (Å²) < 4.78 is 7.46. The lowest BCUT2D eigenvalue weighted by Gasteiger charge is -2.11. The Morgan fingerprint density at radius 1 is 1.18 bits per heavy atom. The van der Waals surface area contributed by atoms with Gasteiger partial charge in [-0.15, -0.1) is 21.5 Å². The van der Waals surface area contributed by atoms with Crippen LogP contribution < -0.4 is 10.2 Å². The molecule has 168 valence electrons. The average molecular weight is 479 g/mol. The van der Waals surface area contributed by atoms with Crippen LogP contribution in [-0.2, 0) is 4.79 Å². The van der Waals surface area contributed by atoms with E-state index in [1.807, 2.05) is 72.3 Å². The Kier molecular flexibility index (Phi) is 7.48. The third-order valence-corrected chi connectivity index (χ3v) is 6.43. The minimum absolute atomic E-state index is 0.142. The van der Waals surface area contributed by atoms with Crippen molar-refractivity contribution in [3.05, 3.63) is 71.2 Å². The predicted molar refractivity (Wildman–Crippen MR) is 131 cm³/mol. The predicted octanol–water partition coefficient (Wildman–Crippen LogP) is 4.42. The molecule has 0 atom stereocenters. The zero-order valence-corrected chi connectivity index (χ0v) is 19.8. The van der Waals surface area contributed by atoms with Gasteiger partial charge in [0, 0.05) is 28.5 Å². The maximum absolute atomic E-state index is 12.4. The molecule has 0 unspecified atom stereocenters. The number of carbonyl (C=O) groups is 1. The molecule has 1 amide bonds. The minimum atomic E-state index is -0.222. The molecule has 4 rings (SSSR count). The van der Waals surface area contributed by atoms with Crippen LogP contribution in [0.4, 0.5) is 0 Å². The lowest BCUT2D eigenvalue weighted by molar-refractivity contribution is -0.118. The summed E-state index contributed by atoms with van der Waals surface area (Å²) in [7, 11) is 0. The van der Waals surface area contributed by atoms with Crippen LogP contribution in [-0.4, -0.2) is 43.7 Å². The highest BCUT2D eigenvalue weighted by molar-refractivity contribution is 7.99. The molecular formula is C23H22N6O2S2. The first-order valence-electron chi connectivity index (χ1n) is 10.2. The fourth-order valence-corrected chi connectivity index (χ4v) is 4.41. The Hall–Kier alpha value is -3.50. The number of hydrazone groups is 1. The first kappa shape index (κ1) is 22.7. The van der Waals surface area contributed by atoms with E-state index in [0.717, 1.165) is 27.6 Å². The molecule has 0 bridgehead atoms. The number of pyridine rings is 1. The van der Waals surface area contributed by atoms with E-state index < -0.39 is 0 Å². The van der Waals surface area contributed by atoms with Gasteiger partial charge >= 0.3 is 0 Å². The van der Waals surface area contributed by atoms with Gasteiger partial charge in [-0.05, 0) is 61.7 Å². The van der Waals surface area contributed by atoms with E-state index in [0.29, 0.717) is 17.6 Å². The lowest BCUT2D eigenvalue weighted by Crippen LogP contribution is -2.21. The Bertz CT molecular complexity index is 1220. The summed E-state index contributed by atoms with van der Waals surface area (Å²) in [4.78, 5) is 17.6. The van der Waals surface area contributed by atoms with E-state index in [9.17, 15) is 4.79 Å². The molecule has 1 aromatic carbocycles. The van der Waals surface area contributed by atoms with Gasteiger partial charge in [0.2, 0.25) is 0 Å². The molecule has 3 aromatic heterocycles. The number of hydrogen-bond acceptors (Lipinski definition) is 8. The van der Waals surface area contributed by atoms with Crippen molar-refractivity contribution in [2.75, 3.05) is 12.4 Å². The number of hydrogen-bond donors (Lipinski definition) is 1. The van der Waals surface area contributed by atoms with E-state index in [4.69, 9.17) is 4.74 Å². The van der Waals surface area contributed by atoms with Gasteiger partial charge in [0.05, 0.1) is 18.1 Å². The Morgan fingerprint density at radius 2 is 2.03 bits per heavy atom. The largest absolute Gasteiger partial charge is 0.494 e. The van der Waals surface area contributed by atoms with Gasteiger partial charge in [0.1, 0.15) is 5.75 Å². The smallest absolute Gasteiger partial charge is 0.250 e. The summed E-state index contributed by atoms with van der Waals surface area (Å²) in [5.41, 5.74) is 5.06. The third kappa shape index (κ3) is 5.65. The summed E-state index contributed by atoms with van der Waals surface area (Å²) in [6, 6.07) is 15.4. The van der Waals surface area contributed by atoms with Crippen LogP contribution in [0.5, 0.6) is 5.75 Å². The van der Waals surface area contributed by atoms with E-state index >= 15 is 0 Å². The lowest BCUT2D eigenvalue weighted by atomic mass is 10.2. The number of thiophene rings is 1. The van der Waals surface area contributed by atoms with Crippen molar-refractivity contribution in [2.24, 2.45) is 5.10 Å². The summed E-state index contributed by atoms with van der Waals surface area (Å²) in [6.45, 7) is 4.40. The molecule has 0 saturated heterocycles. The fraction of sp³-hybridized carbons (Fsp3) is 0.174. The fourth-order valence-electron chi connectivity index (χ4n) is 2.98. The number of ether oxygens (including phenoxy) is 1. The summed E-state index contributed by atoms with van der Waals surface area (Å²) in [5, 5.41) is 15.5. The molecule has 8 nitrogen and oxygen atoms in total. The molecule has 0 fully saturated rings. The number of amides is 1. The van der Waals surface area contributed by atoms with Crippen LogP contribution in [0, 0.1) is 0 Å². The highest BCUT2D eigenvalue weighted by Crippen LogP contribution is 2.28. The van der Waals surface area contributed by atoms with Crippen molar-refractivity contribution in [1.82, 2.24) is 25.2 Å². The second-order valence-electron chi connectivity index (χ2n) is 6.81. The molecule has 0 aliphatic rings. The van der Waals surface area contributed by atoms with E-state index in [2.05, 4.69) is 25.7 Å². The first-order chi connectivity index (χ1) is 16.2. The first-order valence-corrected chi connectivity index (χ1v) is 12.1.